The Hall–Kier alpha value is -1.71. The molecular formula is C16H16N2S. The lowest BCUT2D eigenvalue weighted by Gasteiger charge is -2.06. The maximum absolute atomic E-state index is 5.76. The lowest BCUT2D eigenvalue weighted by molar-refractivity contribution is 1.04. The highest BCUT2D eigenvalue weighted by atomic mass is 32.2. The van der Waals surface area contributed by atoms with Crippen LogP contribution in [0.3, 0.4) is 0 Å². The number of H-pyrrole nitrogens is 1. The third-order valence-corrected chi connectivity index (χ3v) is 4.21. The summed E-state index contributed by atoms with van der Waals surface area (Å²) in [7, 11) is 0. The topological polar surface area (TPSA) is 41.8 Å². The molecule has 0 radical (unpaired) electrons. The van der Waals surface area contributed by atoms with E-state index in [2.05, 4.69) is 53.5 Å². The van der Waals surface area contributed by atoms with Crippen molar-refractivity contribution in [2.45, 2.75) is 17.3 Å². The van der Waals surface area contributed by atoms with Gasteiger partial charge in [0.25, 0.3) is 0 Å². The Bertz CT molecular complexity index is 655. The molecule has 1 aromatic heterocycles. The van der Waals surface area contributed by atoms with Gasteiger partial charge in [-0.15, -0.1) is 11.8 Å². The number of aromatic nitrogens is 1. The van der Waals surface area contributed by atoms with E-state index in [0.29, 0.717) is 6.54 Å². The van der Waals surface area contributed by atoms with Crippen LogP contribution >= 0.6 is 11.8 Å². The zero-order valence-electron chi connectivity index (χ0n) is 10.6. The van der Waals surface area contributed by atoms with Crippen LogP contribution in [0.1, 0.15) is 11.1 Å². The van der Waals surface area contributed by atoms with Gasteiger partial charge in [-0.1, -0.05) is 42.5 Å². The van der Waals surface area contributed by atoms with Crippen molar-refractivity contribution in [2.24, 2.45) is 5.73 Å². The molecule has 3 aromatic rings. The average molecular weight is 268 g/mol. The van der Waals surface area contributed by atoms with Crippen LogP contribution in [0.15, 0.2) is 59.6 Å². The number of nitrogens with one attached hydrogen (secondary N) is 1. The van der Waals surface area contributed by atoms with Gasteiger partial charge in [-0.3, -0.25) is 0 Å². The van der Waals surface area contributed by atoms with E-state index in [0.717, 1.165) is 5.75 Å². The van der Waals surface area contributed by atoms with Crippen LogP contribution in [0.5, 0.6) is 0 Å². The van der Waals surface area contributed by atoms with Crippen molar-refractivity contribution >= 4 is 22.7 Å². The SMILES string of the molecule is NCc1ccccc1CSc1cc2ccccc2[nH]1. The van der Waals surface area contributed by atoms with Gasteiger partial charge in [0.15, 0.2) is 0 Å². The maximum atomic E-state index is 5.76. The second-order valence-corrected chi connectivity index (χ2v) is 5.50. The van der Waals surface area contributed by atoms with Crippen LogP contribution in [0.2, 0.25) is 0 Å². The van der Waals surface area contributed by atoms with Crippen molar-refractivity contribution in [3.05, 3.63) is 65.7 Å². The first-order valence-electron chi connectivity index (χ1n) is 6.34. The fraction of sp³-hybridized carbons (Fsp3) is 0.125. The molecule has 2 aromatic carbocycles. The van der Waals surface area contributed by atoms with Crippen LogP contribution in [0, 0.1) is 0 Å². The number of rotatable bonds is 4. The predicted octanol–water partition coefficient (Wildman–Crippen LogP) is 3.92. The Morgan fingerprint density at radius 1 is 0.947 bits per heavy atom. The Kier molecular flexibility index (Phi) is 3.58. The molecule has 0 aliphatic carbocycles. The molecule has 3 heteroatoms. The van der Waals surface area contributed by atoms with E-state index in [4.69, 9.17) is 5.73 Å². The van der Waals surface area contributed by atoms with E-state index >= 15 is 0 Å². The molecule has 3 rings (SSSR count). The van der Waals surface area contributed by atoms with Gasteiger partial charge < -0.3 is 10.7 Å². The summed E-state index contributed by atoms with van der Waals surface area (Å²) in [5.74, 6) is 0.945. The number of fused-ring (bicyclic) bond motifs is 1. The number of hydrogen-bond donors (Lipinski definition) is 2. The number of thioether (sulfide) groups is 1. The summed E-state index contributed by atoms with van der Waals surface area (Å²) in [6.45, 7) is 0.601. The van der Waals surface area contributed by atoms with E-state index in [1.165, 1.54) is 27.1 Å². The molecule has 0 saturated carbocycles. The lowest BCUT2D eigenvalue weighted by Crippen LogP contribution is -2.00. The van der Waals surface area contributed by atoms with E-state index in [9.17, 15) is 0 Å². The Morgan fingerprint density at radius 2 is 1.68 bits per heavy atom. The molecule has 0 amide bonds. The molecule has 0 atom stereocenters. The number of nitrogens with two attached hydrogens (primary N) is 1. The number of benzene rings is 2. The lowest BCUT2D eigenvalue weighted by atomic mass is 10.1. The number of hydrogen-bond acceptors (Lipinski definition) is 2. The van der Waals surface area contributed by atoms with Crippen LogP contribution in [-0.2, 0) is 12.3 Å². The molecule has 1 heterocycles. The molecular weight excluding hydrogens is 252 g/mol. The third-order valence-electron chi connectivity index (χ3n) is 3.23. The molecule has 0 bridgehead atoms. The van der Waals surface area contributed by atoms with Gasteiger partial charge >= 0.3 is 0 Å². The zero-order valence-corrected chi connectivity index (χ0v) is 11.4. The first-order chi connectivity index (χ1) is 9.36. The van der Waals surface area contributed by atoms with Gasteiger partial charge in [-0.05, 0) is 23.3 Å². The van der Waals surface area contributed by atoms with E-state index in [1.54, 1.807) is 0 Å². The molecule has 0 aliphatic rings. The van der Waals surface area contributed by atoms with E-state index in [-0.39, 0.29) is 0 Å². The molecule has 96 valence electrons. The largest absolute Gasteiger partial charge is 0.350 e. The summed E-state index contributed by atoms with van der Waals surface area (Å²) in [5, 5.41) is 2.46. The van der Waals surface area contributed by atoms with Gasteiger partial charge in [0.05, 0.1) is 5.03 Å². The third kappa shape index (κ3) is 2.67. The van der Waals surface area contributed by atoms with Crippen LogP contribution in [0.25, 0.3) is 10.9 Å². The summed E-state index contributed by atoms with van der Waals surface area (Å²) >= 11 is 1.82. The van der Waals surface area contributed by atoms with Gasteiger partial charge in [0.1, 0.15) is 0 Å². The van der Waals surface area contributed by atoms with Gasteiger partial charge in [0.2, 0.25) is 0 Å². The molecule has 0 spiro atoms. The Morgan fingerprint density at radius 3 is 2.47 bits per heavy atom. The van der Waals surface area contributed by atoms with Crippen molar-refractivity contribution in [2.75, 3.05) is 0 Å². The molecule has 3 N–H and O–H groups in total. The highest BCUT2D eigenvalue weighted by Gasteiger charge is 2.04. The highest BCUT2D eigenvalue weighted by molar-refractivity contribution is 7.98. The minimum absolute atomic E-state index is 0.601. The van der Waals surface area contributed by atoms with Crippen LogP contribution < -0.4 is 5.73 Å². The number of aromatic amines is 1. The second kappa shape index (κ2) is 5.51. The molecule has 0 aliphatic heterocycles. The monoisotopic (exact) mass is 268 g/mol. The summed E-state index contributed by atoms with van der Waals surface area (Å²) in [4.78, 5) is 3.44. The predicted molar refractivity (Wildman–Crippen MR) is 82.2 cm³/mol. The van der Waals surface area contributed by atoms with Gasteiger partial charge in [-0.2, -0.15) is 0 Å². The Balaban J connectivity index is 1.78. The second-order valence-electron chi connectivity index (χ2n) is 4.48. The van der Waals surface area contributed by atoms with Crippen molar-refractivity contribution in [1.82, 2.24) is 4.98 Å². The van der Waals surface area contributed by atoms with E-state index < -0.39 is 0 Å². The van der Waals surface area contributed by atoms with Gasteiger partial charge in [0, 0.05) is 23.2 Å². The highest BCUT2D eigenvalue weighted by Crippen LogP contribution is 2.27. The Labute approximate surface area is 117 Å². The molecule has 2 nitrogen and oxygen atoms in total. The van der Waals surface area contributed by atoms with Crippen molar-refractivity contribution in [3.63, 3.8) is 0 Å². The van der Waals surface area contributed by atoms with Crippen LogP contribution in [0.4, 0.5) is 0 Å². The quantitative estimate of drug-likeness (QED) is 0.704. The smallest absolute Gasteiger partial charge is 0.0735 e. The minimum Gasteiger partial charge on any atom is -0.350 e. The van der Waals surface area contributed by atoms with Crippen molar-refractivity contribution in [3.8, 4) is 0 Å². The zero-order chi connectivity index (χ0) is 13.1. The fourth-order valence-corrected chi connectivity index (χ4v) is 3.16. The van der Waals surface area contributed by atoms with Crippen molar-refractivity contribution < 1.29 is 0 Å². The first-order valence-corrected chi connectivity index (χ1v) is 7.33. The summed E-state index contributed by atoms with van der Waals surface area (Å²) in [5.41, 5.74) is 9.50. The minimum atomic E-state index is 0.601. The van der Waals surface area contributed by atoms with Gasteiger partial charge in [-0.25, -0.2) is 0 Å². The number of para-hydroxylation sites is 1. The molecule has 19 heavy (non-hydrogen) atoms. The van der Waals surface area contributed by atoms with Crippen molar-refractivity contribution in [1.29, 1.82) is 0 Å². The molecule has 0 fully saturated rings. The summed E-state index contributed by atoms with van der Waals surface area (Å²) in [6, 6.07) is 18.9. The molecule has 0 saturated heterocycles. The van der Waals surface area contributed by atoms with Crippen LogP contribution in [-0.4, -0.2) is 4.98 Å². The van der Waals surface area contributed by atoms with E-state index in [1.807, 2.05) is 17.8 Å². The standard InChI is InChI=1S/C16H16N2S/c17-10-13-6-1-2-7-14(13)11-19-16-9-12-5-3-4-8-15(12)18-16/h1-9,18H,10-11,17H2. The average Bonchev–Trinajstić information content (AvgIpc) is 2.88. The first kappa shape index (κ1) is 12.3. The maximum Gasteiger partial charge on any atom is 0.0735 e. The fourth-order valence-electron chi connectivity index (χ4n) is 2.18. The molecule has 0 unspecified atom stereocenters. The summed E-state index contributed by atoms with van der Waals surface area (Å²) < 4.78 is 0. The normalized spacial score (nSPS) is 11.0. The summed E-state index contributed by atoms with van der Waals surface area (Å²) in [6.07, 6.45) is 0.